The van der Waals surface area contributed by atoms with Gasteiger partial charge in [0, 0.05) is 25.6 Å². The molecule has 6 nitrogen and oxygen atoms in total. The molecular weight excluding hydrogens is 282 g/mol. The SMILES string of the molecule is CN(C)C[C@@H]1CN(C(=O)O)CCC1(O)c1cccc(C#N)c1. The van der Waals surface area contributed by atoms with Gasteiger partial charge < -0.3 is 20.0 Å². The monoisotopic (exact) mass is 303 g/mol. The number of aliphatic hydroxyl groups is 1. The molecule has 0 saturated carbocycles. The largest absolute Gasteiger partial charge is 0.465 e. The summed E-state index contributed by atoms with van der Waals surface area (Å²) in [6.45, 7) is 1.13. The van der Waals surface area contributed by atoms with Gasteiger partial charge in [-0.2, -0.15) is 5.26 Å². The van der Waals surface area contributed by atoms with Crippen LogP contribution >= 0.6 is 0 Å². The molecule has 0 aromatic heterocycles. The van der Waals surface area contributed by atoms with Gasteiger partial charge in [-0.3, -0.25) is 0 Å². The summed E-state index contributed by atoms with van der Waals surface area (Å²) in [5, 5.41) is 29.5. The van der Waals surface area contributed by atoms with Crippen molar-refractivity contribution < 1.29 is 15.0 Å². The summed E-state index contributed by atoms with van der Waals surface area (Å²) in [7, 11) is 3.79. The Kier molecular flexibility index (Phi) is 4.69. The first-order valence-electron chi connectivity index (χ1n) is 7.22. The van der Waals surface area contributed by atoms with Gasteiger partial charge in [0.05, 0.1) is 17.2 Å². The molecule has 1 aliphatic heterocycles. The van der Waals surface area contributed by atoms with E-state index in [2.05, 4.69) is 6.07 Å². The molecule has 22 heavy (non-hydrogen) atoms. The Hall–Kier alpha value is -2.10. The highest BCUT2D eigenvalue weighted by atomic mass is 16.4. The zero-order valence-electron chi connectivity index (χ0n) is 12.9. The molecule has 1 heterocycles. The minimum Gasteiger partial charge on any atom is -0.465 e. The lowest BCUT2D eigenvalue weighted by molar-refractivity contribution is -0.0789. The van der Waals surface area contributed by atoms with Gasteiger partial charge in [-0.25, -0.2) is 4.79 Å². The van der Waals surface area contributed by atoms with Gasteiger partial charge in [0.1, 0.15) is 0 Å². The molecule has 1 amide bonds. The lowest BCUT2D eigenvalue weighted by Gasteiger charge is -2.45. The van der Waals surface area contributed by atoms with Crippen LogP contribution in [0.4, 0.5) is 4.79 Å². The normalized spacial score (nSPS) is 25.0. The quantitative estimate of drug-likeness (QED) is 0.879. The van der Waals surface area contributed by atoms with E-state index in [0.29, 0.717) is 24.1 Å². The molecule has 1 aliphatic rings. The van der Waals surface area contributed by atoms with Gasteiger partial charge in [-0.1, -0.05) is 12.1 Å². The van der Waals surface area contributed by atoms with Crippen molar-refractivity contribution in [2.45, 2.75) is 12.0 Å². The molecule has 0 bridgehead atoms. The van der Waals surface area contributed by atoms with Crippen LogP contribution in [-0.4, -0.2) is 59.8 Å². The second-order valence-electron chi connectivity index (χ2n) is 6.05. The molecule has 2 N–H and O–H groups in total. The third kappa shape index (κ3) is 3.21. The van der Waals surface area contributed by atoms with Crippen LogP contribution in [0.3, 0.4) is 0 Å². The van der Waals surface area contributed by atoms with Crippen LogP contribution in [0.15, 0.2) is 24.3 Å². The third-order valence-corrected chi connectivity index (χ3v) is 4.23. The molecule has 2 atom stereocenters. The van der Waals surface area contributed by atoms with E-state index in [0.717, 1.165) is 0 Å². The summed E-state index contributed by atoms with van der Waals surface area (Å²) >= 11 is 0. The molecule has 1 aromatic carbocycles. The van der Waals surface area contributed by atoms with E-state index >= 15 is 0 Å². The molecule has 0 aliphatic carbocycles. The van der Waals surface area contributed by atoms with E-state index in [1.54, 1.807) is 24.3 Å². The first kappa shape index (κ1) is 16.3. The molecule has 1 aromatic rings. The van der Waals surface area contributed by atoms with E-state index in [1.165, 1.54) is 4.90 Å². The number of benzene rings is 1. The van der Waals surface area contributed by atoms with E-state index in [-0.39, 0.29) is 19.0 Å². The van der Waals surface area contributed by atoms with E-state index < -0.39 is 11.7 Å². The van der Waals surface area contributed by atoms with Crippen LogP contribution in [0, 0.1) is 17.2 Å². The Morgan fingerprint density at radius 3 is 2.86 bits per heavy atom. The molecule has 2 rings (SSSR count). The van der Waals surface area contributed by atoms with Crippen molar-refractivity contribution in [3.63, 3.8) is 0 Å². The zero-order chi connectivity index (χ0) is 16.3. The smallest absolute Gasteiger partial charge is 0.407 e. The number of nitriles is 1. The molecular formula is C16H21N3O3. The summed E-state index contributed by atoms with van der Waals surface area (Å²) in [6, 6.07) is 9.03. The van der Waals surface area contributed by atoms with Crippen LogP contribution < -0.4 is 0 Å². The maximum atomic E-state index is 11.2. The topological polar surface area (TPSA) is 87.8 Å². The number of carboxylic acid groups (broad SMARTS) is 1. The second-order valence-corrected chi connectivity index (χ2v) is 6.05. The van der Waals surface area contributed by atoms with Gasteiger partial charge in [-0.15, -0.1) is 0 Å². The maximum Gasteiger partial charge on any atom is 0.407 e. The highest BCUT2D eigenvalue weighted by Crippen LogP contribution is 2.38. The zero-order valence-corrected chi connectivity index (χ0v) is 12.9. The Labute approximate surface area is 130 Å². The molecule has 0 radical (unpaired) electrons. The number of carbonyl (C=O) groups is 1. The highest BCUT2D eigenvalue weighted by Gasteiger charge is 2.44. The third-order valence-electron chi connectivity index (χ3n) is 4.23. The lowest BCUT2D eigenvalue weighted by atomic mass is 9.75. The van der Waals surface area contributed by atoms with Gasteiger partial charge in [0.25, 0.3) is 0 Å². The Morgan fingerprint density at radius 2 is 2.27 bits per heavy atom. The Bertz CT molecular complexity index is 597. The summed E-state index contributed by atoms with van der Waals surface area (Å²) < 4.78 is 0. The van der Waals surface area contributed by atoms with Crippen molar-refractivity contribution in [2.24, 2.45) is 5.92 Å². The van der Waals surface area contributed by atoms with Gasteiger partial charge in [0.15, 0.2) is 0 Å². The first-order valence-corrected chi connectivity index (χ1v) is 7.22. The fraction of sp³-hybridized carbons (Fsp3) is 0.500. The molecule has 1 fully saturated rings. The van der Waals surface area contributed by atoms with E-state index in [9.17, 15) is 15.0 Å². The summed E-state index contributed by atoms with van der Waals surface area (Å²) in [5.41, 5.74) is 0.0573. The minimum atomic E-state index is -1.12. The summed E-state index contributed by atoms with van der Waals surface area (Å²) in [5.74, 6) is -0.249. The first-order chi connectivity index (χ1) is 10.4. The van der Waals surface area contributed by atoms with Crippen molar-refractivity contribution in [2.75, 3.05) is 33.7 Å². The molecule has 0 spiro atoms. The van der Waals surface area contributed by atoms with Gasteiger partial charge in [0.2, 0.25) is 0 Å². The summed E-state index contributed by atoms with van der Waals surface area (Å²) in [6.07, 6.45) is -0.635. The highest BCUT2D eigenvalue weighted by molar-refractivity contribution is 5.65. The molecule has 1 saturated heterocycles. The van der Waals surface area contributed by atoms with Gasteiger partial charge >= 0.3 is 6.09 Å². The van der Waals surface area contributed by atoms with Crippen LogP contribution in [0.25, 0.3) is 0 Å². The predicted octanol–water partition coefficient (Wildman–Crippen LogP) is 1.31. The summed E-state index contributed by atoms with van der Waals surface area (Å²) in [4.78, 5) is 14.5. The average Bonchev–Trinajstić information content (AvgIpc) is 2.49. The lowest BCUT2D eigenvalue weighted by Crippen LogP contribution is -2.54. The van der Waals surface area contributed by atoms with Crippen molar-refractivity contribution in [1.82, 2.24) is 9.80 Å². The number of piperidine rings is 1. The van der Waals surface area contributed by atoms with Gasteiger partial charge in [-0.05, 0) is 38.2 Å². The number of rotatable bonds is 3. The number of likely N-dealkylation sites (tertiary alicyclic amines) is 1. The van der Waals surface area contributed by atoms with Crippen LogP contribution in [-0.2, 0) is 5.60 Å². The van der Waals surface area contributed by atoms with Crippen molar-refractivity contribution in [3.05, 3.63) is 35.4 Å². The Balaban J connectivity index is 2.36. The minimum absolute atomic E-state index is 0.249. The fourth-order valence-electron chi connectivity index (χ4n) is 3.08. The number of hydrogen-bond acceptors (Lipinski definition) is 4. The maximum absolute atomic E-state index is 11.2. The van der Waals surface area contributed by atoms with Crippen LogP contribution in [0.5, 0.6) is 0 Å². The van der Waals surface area contributed by atoms with Crippen LogP contribution in [0.1, 0.15) is 17.5 Å². The standard InChI is InChI=1S/C16H21N3O3/c1-18(2)10-14-11-19(15(20)21)7-6-16(14,22)13-5-3-4-12(8-13)9-17/h3-5,8,14,22H,6-7,10-11H2,1-2H3,(H,20,21)/t14-,16?/m1/s1. The molecule has 118 valence electrons. The Morgan fingerprint density at radius 1 is 1.55 bits per heavy atom. The van der Waals surface area contributed by atoms with Crippen molar-refractivity contribution >= 4 is 6.09 Å². The number of nitrogens with zero attached hydrogens (tertiary/aromatic N) is 3. The molecule has 1 unspecified atom stereocenters. The molecule has 6 heteroatoms. The van der Waals surface area contributed by atoms with Crippen LogP contribution in [0.2, 0.25) is 0 Å². The fourth-order valence-corrected chi connectivity index (χ4v) is 3.08. The average molecular weight is 303 g/mol. The van der Waals surface area contributed by atoms with E-state index in [1.807, 2.05) is 19.0 Å². The van der Waals surface area contributed by atoms with Crippen molar-refractivity contribution in [1.29, 1.82) is 5.26 Å². The number of amides is 1. The van der Waals surface area contributed by atoms with Crippen molar-refractivity contribution in [3.8, 4) is 6.07 Å². The van der Waals surface area contributed by atoms with E-state index in [4.69, 9.17) is 5.26 Å². The number of hydrogen-bond donors (Lipinski definition) is 2. The second kappa shape index (κ2) is 6.34. The predicted molar refractivity (Wildman–Crippen MR) is 81.3 cm³/mol.